The lowest BCUT2D eigenvalue weighted by Crippen LogP contribution is -1.99. The minimum atomic E-state index is 0.410. The molecule has 1 aromatic carbocycles. The minimum absolute atomic E-state index is 0.410. The van der Waals surface area contributed by atoms with Gasteiger partial charge in [-0.15, -0.1) is 0 Å². The lowest BCUT2D eigenvalue weighted by molar-refractivity contribution is 0.326. The van der Waals surface area contributed by atoms with Crippen LogP contribution in [0.5, 0.6) is 5.75 Å². The summed E-state index contributed by atoms with van der Waals surface area (Å²) < 4.78 is 5.31. The standard InChI is InChI=1S/C10H12N2O/c11-5-2-6-13-10-4-1-3-9(7-10)8-12/h1,3-4,7H,2,6,8,12H2. The molecule has 0 heterocycles. The maximum absolute atomic E-state index is 8.30. The molecule has 3 nitrogen and oxygen atoms in total. The Balaban J connectivity index is 2.52. The van der Waals surface area contributed by atoms with Gasteiger partial charge in [0.15, 0.2) is 0 Å². The van der Waals surface area contributed by atoms with Crippen LogP contribution in [0.4, 0.5) is 0 Å². The maximum Gasteiger partial charge on any atom is 0.119 e. The molecule has 0 aromatic heterocycles. The zero-order valence-corrected chi connectivity index (χ0v) is 7.36. The quantitative estimate of drug-likeness (QED) is 0.706. The fraction of sp³-hybridized carbons (Fsp3) is 0.300. The van der Waals surface area contributed by atoms with Crippen LogP contribution < -0.4 is 10.5 Å². The average molecular weight is 176 g/mol. The molecule has 0 aliphatic carbocycles. The molecular formula is C10H12N2O. The molecule has 0 spiro atoms. The van der Waals surface area contributed by atoms with Crippen LogP contribution in [-0.4, -0.2) is 6.61 Å². The Bertz CT molecular complexity index is 304. The van der Waals surface area contributed by atoms with Crippen LogP contribution in [0.25, 0.3) is 0 Å². The summed E-state index contributed by atoms with van der Waals surface area (Å²) in [5, 5.41) is 8.30. The van der Waals surface area contributed by atoms with Crippen molar-refractivity contribution in [3.05, 3.63) is 29.8 Å². The Kier molecular flexibility index (Phi) is 3.80. The van der Waals surface area contributed by atoms with Gasteiger partial charge in [-0.1, -0.05) is 12.1 Å². The lowest BCUT2D eigenvalue weighted by atomic mass is 10.2. The van der Waals surface area contributed by atoms with Gasteiger partial charge < -0.3 is 10.5 Å². The van der Waals surface area contributed by atoms with Crippen LogP contribution >= 0.6 is 0 Å². The molecule has 0 saturated carbocycles. The monoisotopic (exact) mass is 176 g/mol. The molecule has 68 valence electrons. The van der Waals surface area contributed by atoms with E-state index in [0.29, 0.717) is 19.6 Å². The number of rotatable bonds is 4. The first-order valence-corrected chi connectivity index (χ1v) is 4.15. The van der Waals surface area contributed by atoms with Crippen molar-refractivity contribution in [1.29, 1.82) is 5.26 Å². The van der Waals surface area contributed by atoms with E-state index in [-0.39, 0.29) is 0 Å². The third-order valence-corrected chi connectivity index (χ3v) is 1.62. The average Bonchev–Trinajstić information content (AvgIpc) is 2.19. The summed E-state index contributed by atoms with van der Waals surface area (Å²) in [7, 11) is 0. The highest BCUT2D eigenvalue weighted by atomic mass is 16.5. The van der Waals surface area contributed by atoms with E-state index in [4.69, 9.17) is 15.7 Å². The largest absolute Gasteiger partial charge is 0.493 e. The van der Waals surface area contributed by atoms with Gasteiger partial charge in [-0.2, -0.15) is 5.26 Å². The molecule has 0 fully saturated rings. The summed E-state index contributed by atoms with van der Waals surface area (Å²) in [6, 6.07) is 9.60. The molecule has 1 aromatic rings. The predicted octanol–water partition coefficient (Wildman–Crippen LogP) is 1.44. The SMILES string of the molecule is N#CCCOc1cccc(CN)c1. The first-order valence-electron chi connectivity index (χ1n) is 4.15. The zero-order valence-electron chi connectivity index (χ0n) is 7.36. The van der Waals surface area contributed by atoms with E-state index in [2.05, 4.69) is 0 Å². The number of hydrogen-bond acceptors (Lipinski definition) is 3. The molecule has 0 aliphatic heterocycles. The number of benzene rings is 1. The highest BCUT2D eigenvalue weighted by molar-refractivity contribution is 5.28. The van der Waals surface area contributed by atoms with Crippen molar-refractivity contribution in [1.82, 2.24) is 0 Å². The Morgan fingerprint density at radius 3 is 3.00 bits per heavy atom. The van der Waals surface area contributed by atoms with Crippen molar-refractivity contribution < 1.29 is 4.74 Å². The highest BCUT2D eigenvalue weighted by Gasteiger charge is 1.94. The number of nitrogens with zero attached hydrogens (tertiary/aromatic N) is 1. The fourth-order valence-electron chi connectivity index (χ4n) is 0.977. The van der Waals surface area contributed by atoms with Crippen molar-refractivity contribution >= 4 is 0 Å². The molecule has 13 heavy (non-hydrogen) atoms. The Morgan fingerprint density at radius 2 is 2.31 bits per heavy atom. The van der Waals surface area contributed by atoms with E-state index in [9.17, 15) is 0 Å². The van der Waals surface area contributed by atoms with Gasteiger partial charge in [0.1, 0.15) is 12.4 Å². The van der Waals surface area contributed by atoms with Crippen molar-refractivity contribution in [3.63, 3.8) is 0 Å². The van der Waals surface area contributed by atoms with E-state index in [1.54, 1.807) is 0 Å². The van der Waals surface area contributed by atoms with Crippen molar-refractivity contribution in [3.8, 4) is 11.8 Å². The molecule has 0 saturated heterocycles. The van der Waals surface area contributed by atoms with Crippen LogP contribution in [0.1, 0.15) is 12.0 Å². The Hall–Kier alpha value is -1.53. The first kappa shape index (κ1) is 9.56. The van der Waals surface area contributed by atoms with Crippen LogP contribution in [-0.2, 0) is 6.54 Å². The first-order chi connectivity index (χ1) is 6.36. The van der Waals surface area contributed by atoms with Crippen LogP contribution in [0, 0.1) is 11.3 Å². The smallest absolute Gasteiger partial charge is 0.119 e. The molecule has 1 rings (SSSR count). The van der Waals surface area contributed by atoms with Gasteiger partial charge >= 0.3 is 0 Å². The molecule has 0 bridgehead atoms. The van der Waals surface area contributed by atoms with E-state index < -0.39 is 0 Å². The second kappa shape index (κ2) is 5.18. The zero-order chi connectivity index (χ0) is 9.52. The summed E-state index contributed by atoms with van der Waals surface area (Å²) in [5.74, 6) is 0.776. The molecule has 2 N–H and O–H groups in total. The van der Waals surface area contributed by atoms with Crippen molar-refractivity contribution in [2.75, 3.05) is 6.61 Å². The molecule has 0 atom stereocenters. The summed E-state index contributed by atoms with van der Waals surface area (Å²) in [6.45, 7) is 0.944. The minimum Gasteiger partial charge on any atom is -0.493 e. The summed E-state index contributed by atoms with van der Waals surface area (Å²) >= 11 is 0. The predicted molar refractivity (Wildman–Crippen MR) is 50.1 cm³/mol. The van der Waals surface area contributed by atoms with Gasteiger partial charge in [0, 0.05) is 6.54 Å². The lowest BCUT2D eigenvalue weighted by Gasteiger charge is -2.04. The van der Waals surface area contributed by atoms with Gasteiger partial charge in [-0.25, -0.2) is 0 Å². The summed E-state index contributed by atoms with van der Waals surface area (Å²) in [6.07, 6.45) is 0.410. The third-order valence-electron chi connectivity index (χ3n) is 1.62. The Morgan fingerprint density at radius 1 is 1.46 bits per heavy atom. The van der Waals surface area contributed by atoms with E-state index in [1.807, 2.05) is 30.3 Å². The fourth-order valence-corrected chi connectivity index (χ4v) is 0.977. The van der Waals surface area contributed by atoms with Gasteiger partial charge in [-0.05, 0) is 17.7 Å². The van der Waals surface area contributed by atoms with E-state index in [1.165, 1.54) is 0 Å². The number of ether oxygens (including phenoxy) is 1. The summed E-state index contributed by atoms with van der Waals surface area (Å²) in [5.41, 5.74) is 6.50. The molecule has 0 aliphatic rings. The second-order valence-corrected chi connectivity index (χ2v) is 2.61. The van der Waals surface area contributed by atoms with Gasteiger partial charge in [0.25, 0.3) is 0 Å². The molecular weight excluding hydrogens is 164 g/mol. The van der Waals surface area contributed by atoms with Crippen molar-refractivity contribution in [2.45, 2.75) is 13.0 Å². The van der Waals surface area contributed by atoms with Crippen LogP contribution in [0.2, 0.25) is 0 Å². The maximum atomic E-state index is 8.30. The molecule has 3 heteroatoms. The molecule has 0 unspecified atom stereocenters. The van der Waals surface area contributed by atoms with E-state index >= 15 is 0 Å². The topological polar surface area (TPSA) is 59.0 Å². The number of nitrogens with two attached hydrogens (primary N) is 1. The number of hydrogen-bond donors (Lipinski definition) is 1. The van der Waals surface area contributed by atoms with E-state index in [0.717, 1.165) is 11.3 Å². The Labute approximate surface area is 77.7 Å². The van der Waals surface area contributed by atoms with Crippen LogP contribution in [0.3, 0.4) is 0 Å². The van der Waals surface area contributed by atoms with Gasteiger partial charge in [0.2, 0.25) is 0 Å². The molecule has 0 radical (unpaired) electrons. The van der Waals surface area contributed by atoms with Crippen molar-refractivity contribution in [2.24, 2.45) is 5.73 Å². The highest BCUT2D eigenvalue weighted by Crippen LogP contribution is 2.12. The third kappa shape index (κ3) is 3.14. The molecule has 0 amide bonds. The normalized spacial score (nSPS) is 9.23. The summed E-state index contributed by atoms with van der Waals surface area (Å²) in [4.78, 5) is 0. The van der Waals surface area contributed by atoms with Crippen LogP contribution in [0.15, 0.2) is 24.3 Å². The second-order valence-electron chi connectivity index (χ2n) is 2.61. The van der Waals surface area contributed by atoms with Gasteiger partial charge in [0.05, 0.1) is 12.5 Å². The number of nitriles is 1. The van der Waals surface area contributed by atoms with Gasteiger partial charge in [-0.3, -0.25) is 0 Å².